The van der Waals surface area contributed by atoms with E-state index in [0.717, 1.165) is 18.8 Å². The van der Waals surface area contributed by atoms with Crippen molar-refractivity contribution < 1.29 is 9.90 Å². The van der Waals surface area contributed by atoms with Gasteiger partial charge in [-0.2, -0.15) is 0 Å². The number of hydrogen-bond donors (Lipinski definition) is 1. The minimum atomic E-state index is -0.542. The summed E-state index contributed by atoms with van der Waals surface area (Å²) in [4.78, 5) is 11.2. The highest BCUT2D eigenvalue weighted by Crippen LogP contribution is 2.44. The van der Waals surface area contributed by atoms with E-state index in [-0.39, 0.29) is 5.92 Å². The number of aliphatic carboxylic acids is 1. The maximum Gasteiger partial charge on any atom is 0.306 e. The van der Waals surface area contributed by atoms with Crippen LogP contribution in [0.2, 0.25) is 0 Å². The molecule has 0 spiro atoms. The molecule has 1 N–H and O–H groups in total. The highest BCUT2D eigenvalue weighted by Gasteiger charge is 2.38. The molecule has 0 aliphatic heterocycles. The van der Waals surface area contributed by atoms with Crippen LogP contribution in [0.4, 0.5) is 0 Å². The Labute approximate surface area is 98.4 Å². The van der Waals surface area contributed by atoms with E-state index >= 15 is 0 Å². The SMILES string of the molecule is CCC1CCC(C2CCCC2C(=O)O)CC1. The van der Waals surface area contributed by atoms with Crippen molar-refractivity contribution >= 4 is 5.97 Å². The molecule has 2 heteroatoms. The molecule has 2 nitrogen and oxygen atoms in total. The summed E-state index contributed by atoms with van der Waals surface area (Å²) in [6, 6.07) is 0. The van der Waals surface area contributed by atoms with Crippen molar-refractivity contribution in [2.75, 3.05) is 0 Å². The first kappa shape index (κ1) is 11.9. The molecule has 16 heavy (non-hydrogen) atoms. The molecule has 0 aromatic rings. The van der Waals surface area contributed by atoms with Crippen LogP contribution in [0.1, 0.15) is 58.3 Å². The van der Waals surface area contributed by atoms with Crippen LogP contribution in [0.5, 0.6) is 0 Å². The van der Waals surface area contributed by atoms with Gasteiger partial charge in [0.1, 0.15) is 0 Å². The normalized spacial score (nSPS) is 39.8. The fourth-order valence-corrected chi connectivity index (χ4v) is 3.88. The van der Waals surface area contributed by atoms with Crippen molar-refractivity contribution in [3.05, 3.63) is 0 Å². The smallest absolute Gasteiger partial charge is 0.306 e. The second kappa shape index (κ2) is 5.20. The Balaban J connectivity index is 1.90. The Morgan fingerprint density at radius 3 is 2.38 bits per heavy atom. The first-order valence-corrected chi connectivity index (χ1v) is 6.95. The number of carboxylic acid groups (broad SMARTS) is 1. The molecule has 2 atom stereocenters. The van der Waals surface area contributed by atoms with Gasteiger partial charge in [0.2, 0.25) is 0 Å². The number of carbonyl (C=O) groups is 1. The fourth-order valence-electron chi connectivity index (χ4n) is 3.88. The van der Waals surface area contributed by atoms with Crippen molar-refractivity contribution in [1.82, 2.24) is 0 Å². The molecule has 2 aliphatic carbocycles. The summed E-state index contributed by atoms with van der Waals surface area (Å²) >= 11 is 0. The van der Waals surface area contributed by atoms with Gasteiger partial charge in [-0.15, -0.1) is 0 Å². The predicted molar refractivity (Wildman–Crippen MR) is 64.2 cm³/mol. The van der Waals surface area contributed by atoms with Crippen LogP contribution >= 0.6 is 0 Å². The van der Waals surface area contributed by atoms with Crippen LogP contribution in [0.15, 0.2) is 0 Å². The van der Waals surface area contributed by atoms with Crippen molar-refractivity contribution in [3.63, 3.8) is 0 Å². The summed E-state index contributed by atoms with van der Waals surface area (Å²) in [5.41, 5.74) is 0. The topological polar surface area (TPSA) is 37.3 Å². The van der Waals surface area contributed by atoms with Crippen LogP contribution in [-0.2, 0) is 4.79 Å². The van der Waals surface area contributed by atoms with Crippen LogP contribution in [0, 0.1) is 23.7 Å². The number of carboxylic acids is 1. The lowest BCUT2D eigenvalue weighted by atomic mass is 9.72. The Hall–Kier alpha value is -0.530. The Kier molecular flexibility index (Phi) is 3.88. The number of hydrogen-bond acceptors (Lipinski definition) is 1. The zero-order valence-electron chi connectivity index (χ0n) is 10.3. The number of rotatable bonds is 3. The monoisotopic (exact) mass is 224 g/mol. The van der Waals surface area contributed by atoms with E-state index in [9.17, 15) is 9.90 Å². The van der Waals surface area contributed by atoms with Crippen LogP contribution in [0.25, 0.3) is 0 Å². The van der Waals surface area contributed by atoms with Crippen LogP contribution in [0.3, 0.4) is 0 Å². The minimum absolute atomic E-state index is 0.0248. The van der Waals surface area contributed by atoms with Crippen molar-refractivity contribution in [3.8, 4) is 0 Å². The van der Waals surface area contributed by atoms with Gasteiger partial charge in [0.15, 0.2) is 0 Å². The van der Waals surface area contributed by atoms with Gasteiger partial charge in [-0.1, -0.05) is 32.6 Å². The molecule has 0 amide bonds. The molecule has 2 saturated carbocycles. The summed E-state index contributed by atoms with van der Waals surface area (Å²) < 4.78 is 0. The highest BCUT2D eigenvalue weighted by molar-refractivity contribution is 5.70. The molecule has 2 fully saturated rings. The first-order valence-electron chi connectivity index (χ1n) is 6.95. The summed E-state index contributed by atoms with van der Waals surface area (Å²) in [5.74, 6) is 1.56. The van der Waals surface area contributed by atoms with Gasteiger partial charge in [-0.05, 0) is 43.4 Å². The summed E-state index contributed by atoms with van der Waals surface area (Å²) in [6.07, 6.45) is 9.77. The predicted octanol–water partition coefficient (Wildman–Crippen LogP) is 3.70. The lowest BCUT2D eigenvalue weighted by molar-refractivity contribution is -0.143. The molecule has 0 heterocycles. The fraction of sp³-hybridized carbons (Fsp3) is 0.929. The molecule has 2 unspecified atom stereocenters. The van der Waals surface area contributed by atoms with Gasteiger partial charge in [-0.25, -0.2) is 0 Å². The third kappa shape index (κ3) is 2.41. The lowest BCUT2D eigenvalue weighted by Crippen LogP contribution is -2.28. The summed E-state index contributed by atoms with van der Waals surface area (Å²) in [7, 11) is 0. The van der Waals surface area contributed by atoms with Gasteiger partial charge < -0.3 is 5.11 Å². The van der Waals surface area contributed by atoms with Gasteiger partial charge in [0, 0.05) is 0 Å². The average molecular weight is 224 g/mol. The first-order chi connectivity index (χ1) is 7.72. The minimum Gasteiger partial charge on any atom is -0.481 e. The zero-order chi connectivity index (χ0) is 11.5. The van der Waals surface area contributed by atoms with Crippen molar-refractivity contribution in [2.24, 2.45) is 23.7 Å². The summed E-state index contributed by atoms with van der Waals surface area (Å²) in [6.45, 7) is 2.28. The summed E-state index contributed by atoms with van der Waals surface area (Å²) in [5, 5.41) is 9.21. The molecular weight excluding hydrogens is 200 g/mol. The standard InChI is InChI=1S/C14H24O2/c1-2-10-6-8-11(9-7-10)12-4-3-5-13(12)14(15)16/h10-13H,2-9H2,1H3,(H,15,16). The van der Waals surface area contributed by atoms with Crippen molar-refractivity contribution in [1.29, 1.82) is 0 Å². The van der Waals surface area contributed by atoms with Gasteiger partial charge in [0.05, 0.1) is 5.92 Å². The third-order valence-corrected chi connectivity index (χ3v) is 4.96. The van der Waals surface area contributed by atoms with Gasteiger partial charge in [0.25, 0.3) is 0 Å². The molecule has 0 aromatic heterocycles. The maximum atomic E-state index is 11.2. The molecule has 0 radical (unpaired) electrons. The molecule has 2 aliphatic rings. The quantitative estimate of drug-likeness (QED) is 0.793. The van der Waals surface area contributed by atoms with Crippen LogP contribution in [-0.4, -0.2) is 11.1 Å². The van der Waals surface area contributed by atoms with Crippen molar-refractivity contribution in [2.45, 2.75) is 58.3 Å². The van der Waals surface area contributed by atoms with E-state index in [2.05, 4.69) is 6.92 Å². The van der Waals surface area contributed by atoms with E-state index in [1.54, 1.807) is 0 Å². The zero-order valence-corrected chi connectivity index (χ0v) is 10.3. The largest absolute Gasteiger partial charge is 0.481 e. The second-order valence-electron chi connectivity index (χ2n) is 5.73. The van der Waals surface area contributed by atoms with E-state index < -0.39 is 5.97 Å². The van der Waals surface area contributed by atoms with Crippen LogP contribution < -0.4 is 0 Å². The molecule has 2 rings (SSSR count). The molecule has 0 saturated heterocycles. The average Bonchev–Trinajstić information content (AvgIpc) is 2.78. The highest BCUT2D eigenvalue weighted by atomic mass is 16.4. The Morgan fingerprint density at radius 1 is 1.12 bits per heavy atom. The van der Waals surface area contributed by atoms with Gasteiger partial charge in [-0.3, -0.25) is 4.79 Å². The maximum absolute atomic E-state index is 11.2. The molecular formula is C14H24O2. The lowest BCUT2D eigenvalue weighted by Gasteiger charge is -2.33. The van der Waals surface area contributed by atoms with E-state index in [1.807, 2.05) is 0 Å². The van der Waals surface area contributed by atoms with E-state index in [0.29, 0.717) is 11.8 Å². The second-order valence-corrected chi connectivity index (χ2v) is 5.73. The third-order valence-electron chi connectivity index (χ3n) is 4.96. The molecule has 0 bridgehead atoms. The van der Waals surface area contributed by atoms with E-state index in [1.165, 1.54) is 38.5 Å². The molecule has 92 valence electrons. The Bertz CT molecular complexity index is 241. The van der Waals surface area contributed by atoms with E-state index in [4.69, 9.17) is 0 Å². The Morgan fingerprint density at radius 2 is 1.81 bits per heavy atom. The van der Waals surface area contributed by atoms with Gasteiger partial charge >= 0.3 is 5.97 Å². The molecule has 0 aromatic carbocycles.